The Hall–Kier alpha value is -2.57. The van der Waals surface area contributed by atoms with Crippen LogP contribution in [0.5, 0.6) is 0 Å². The molecule has 0 saturated heterocycles. The number of guanidine groups is 1. The van der Waals surface area contributed by atoms with Crippen molar-refractivity contribution < 1.29 is 52.1 Å². The molecule has 0 aromatic rings. The minimum absolute atomic E-state index is 0.111. The fourth-order valence-corrected chi connectivity index (χ4v) is 4.70. The second-order valence-electron chi connectivity index (χ2n) is 10.1. The van der Waals surface area contributed by atoms with Crippen LogP contribution in [0.1, 0.15) is 93.4 Å². The van der Waals surface area contributed by atoms with Gasteiger partial charge < -0.3 is 29.0 Å². The van der Waals surface area contributed by atoms with E-state index in [2.05, 4.69) is 5.09 Å². The Morgan fingerprint density at radius 3 is 1.59 bits per heavy atom. The lowest BCUT2D eigenvalue weighted by molar-refractivity contribution is -0.142. The van der Waals surface area contributed by atoms with Crippen molar-refractivity contribution in [3.05, 3.63) is 0 Å². The molecule has 0 aliphatic heterocycles. The molecule has 0 radical (unpaired) electrons. The van der Waals surface area contributed by atoms with E-state index in [4.69, 9.17) is 33.4 Å². The van der Waals surface area contributed by atoms with E-state index in [1.807, 2.05) is 20.8 Å². The van der Waals surface area contributed by atoms with Gasteiger partial charge in [0.05, 0.1) is 13.2 Å². The first kappa shape index (κ1) is 38.4. The van der Waals surface area contributed by atoms with E-state index in [0.717, 1.165) is 24.2 Å². The van der Waals surface area contributed by atoms with Gasteiger partial charge in [0.1, 0.15) is 6.04 Å². The zero-order valence-corrected chi connectivity index (χ0v) is 26.6. The topological polar surface area (TPSA) is 183 Å². The molecule has 0 fully saturated rings. The third-order valence-corrected chi connectivity index (χ3v) is 7.07. The van der Waals surface area contributed by atoms with Crippen LogP contribution in [0.4, 0.5) is 9.59 Å². The summed E-state index contributed by atoms with van der Waals surface area (Å²) in [6.07, 6.45) is -0.741. The number of carboxylic acids is 1. The van der Waals surface area contributed by atoms with Crippen molar-refractivity contribution in [3.63, 3.8) is 0 Å². The van der Waals surface area contributed by atoms with Gasteiger partial charge in [-0.05, 0) is 19.3 Å². The third kappa shape index (κ3) is 15.9. The molecule has 0 aliphatic carbocycles. The molecule has 0 bridgehead atoms. The molecule has 3 N–H and O–H groups in total. The first-order valence-electron chi connectivity index (χ1n) is 14.2. The number of unbranched alkanes of at least 4 members (excludes halogenated alkanes) is 3. The highest BCUT2D eigenvalue weighted by Gasteiger charge is 2.40. The predicted molar refractivity (Wildman–Crippen MR) is 151 cm³/mol. The molecule has 0 aromatic heterocycles. The molecule has 0 spiro atoms. The van der Waals surface area contributed by atoms with Gasteiger partial charge in [-0.2, -0.15) is 0 Å². The van der Waals surface area contributed by atoms with E-state index in [1.54, 1.807) is 27.7 Å². The Morgan fingerprint density at radius 1 is 0.829 bits per heavy atom. The normalized spacial score (nSPS) is 14.9. The molecule has 0 amide bonds. The zero-order chi connectivity index (χ0) is 31.6. The monoisotopic (exact) mass is 611 g/mol. The molecule has 41 heavy (non-hydrogen) atoms. The quantitative estimate of drug-likeness (QED) is 0.0359. The first-order chi connectivity index (χ1) is 19.2. The molecule has 14 nitrogen and oxygen atoms in total. The number of nitrogens with zero attached hydrogens (tertiary/aromatic N) is 1. The molecule has 0 rings (SSSR count). The van der Waals surface area contributed by atoms with Crippen LogP contribution in [0, 0.1) is 17.2 Å². The van der Waals surface area contributed by atoms with Crippen LogP contribution in [-0.2, 0) is 37.4 Å². The van der Waals surface area contributed by atoms with Crippen molar-refractivity contribution in [2.75, 3.05) is 20.3 Å². The third-order valence-electron chi connectivity index (χ3n) is 5.61. The van der Waals surface area contributed by atoms with Crippen molar-refractivity contribution in [3.8, 4) is 0 Å². The van der Waals surface area contributed by atoms with E-state index >= 15 is 0 Å². The molecule has 0 heterocycles. The summed E-state index contributed by atoms with van der Waals surface area (Å²) in [6, 6.07) is -1.11. The van der Waals surface area contributed by atoms with Gasteiger partial charge in [-0.25, -0.2) is 18.9 Å². The van der Waals surface area contributed by atoms with Crippen molar-refractivity contribution in [1.82, 2.24) is 9.99 Å². The molecule has 0 saturated carbocycles. The van der Waals surface area contributed by atoms with Crippen LogP contribution in [0.3, 0.4) is 0 Å². The number of carboxylic acid groups (broad SMARTS) is 1. The molecule has 0 aliphatic rings. The molecule has 240 valence electrons. The summed E-state index contributed by atoms with van der Waals surface area (Å²) in [6.45, 7) is 12.5. The van der Waals surface area contributed by atoms with Gasteiger partial charge in [0, 0.05) is 18.9 Å². The maximum absolute atomic E-state index is 14.1. The van der Waals surface area contributed by atoms with E-state index in [0.29, 0.717) is 19.3 Å². The molecule has 3 atom stereocenters. The van der Waals surface area contributed by atoms with Crippen molar-refractivity contribution in [2.24, 2.45) is 11.8 Å². The number of nitrogens with one attached hydrogen (secondary N) is 2. The fraction of sp³-hybridized carbons (Fsp3) is 0.846. The van der Waals surface area contributed by atoms with Gasteiger partial charge in [0.25, 0.3) is 0 Å². The lowest BCUT2D eigenvalue weighted by atomic mass is 10.1. The van der Waals surface area contributed by atoms with Crippen molar-refractivity contribution in [1.29, 1.82) is 5.41 Å². The Morgan fingerprint density at radius 2 is 1.24 bits per heavy atom. The number of likely N-dealkylation sites (N-methyl/N-ethyl adjacent to an activating group) is 1. The maximum Gasteiger partial charge on any atom is 0.510 e. The number of carbonyl (C=O) groups is 3. The van der Waals surface area contributed by atoms with E-state index in [-0.39, 0.29) is 19.6 Å². The van der Waals surface area contributed by atoms with Crippen LogP contribution in [-0.4, -0.2) is 73.1 Å². The van der Waals surface area contributed by atoms with Gasteiger partial charge in [0.2, 0.25) is 18.5 Å². The van der Waals surface area contributed by atoms with E-state index < -0.39 is 62.4 Å². The van der Waals surface area contributed by atoms with Gasteiger partial charge in [0.15, 0.2) is 0 Å². The summed E-state index contributed by atoms with van der Waals surface area (Å²) >= 11 is 0. The number of hydrogen-bond donors (Lipinski definition) is 3. The Labute approximate surface area is 243 Å². The highest BCUT2D eigenvalue weighted by molar-refractivity contribution is 7.52. The second-order valence-corrected chi connectivity index (χ2v) is 11.8. The summed E-state index contributed by atoms with van der Waals surface area (Å²) in [7, 11) is -3.35. The zero-order valence-electron chi connectivity index (χ0n) is 25.7. The molecular formula is C26H50N3O11P. The minimum Gasteiger partial charge on any atom is -0.480 e. The van der Waals surface area contributed by atoms with Gasteiger partial charge >= 0.3 is 26.0 Å². The SMILES string of the molecule is CCCCOC(=O)OC(OP(=O)(NC(=N)N(C)C(CCCC)C(=O)O)OC(OC(=O)OCCCC)C(C)C)C(C)C. The largest absolute Gasteiger partial charge is 0.510 e. The molecule has 15 heteroatoms. The van der Waals surface area contributed by atoms with Crippen LogP contribution in [0.2, 0.25) is 0 Å². The number of ether oxygens (including phenoxy) is 4. The van der Waals surface area contributed by atoms with Crippen LogP contribution >= 0.6 is 7.75 Å². The smallest absolute Gasteiger partial charge is 0.480 e. The fourth-order valence-electron chi connectivity index (χ4n) is 3.01. The van der Waals surface area contributed by atoms with Crippen molar-refractivity contribution in [2.45, 2.75) is 112 Å². The number of hydrogen-bond acceptors (Lipinski definition) is 11. The Kier molecular flexibility index (Phi) is 19.1. The Bertz CT molecular complexity index is 815. The van der Waals surface area contributed by atoms with Crippen molar-refractivity contribution >= 4 is 32.0 Å². The van der Waals surface area contributed by atoms with Crippen LogP contribution in [0.15, 0.2) is 0 Å². The standard InChI is InChI=1S/C26H50N3O11P/c1-9-12-15-20(21(30)31)29(8)24(27)28-41(34,39-22(18(4)5)37-25(32)35-16-13-10-2)40-23(19(6)7)38-26(33)36-17-14-11-3/h18-20,22-23H,9-17H2,1-8H3,(H,30,31)(H2,27,28,34). The number of aliphatic carboxylic acids is 1. The van der Waals surface area contributed by atoms with Crippen LogP contribution < -0.4 is 5.09 Å². The van der Waals surface area contributed by atoms with Gasteiger partial charge in [-0.15, -0.1) is 0 Å². The van der Waals surface area contributed by atoms with Gasteiger partial charge in [-0.3, -0.25) is 19.5 Å². The summed E-state index contributed by atoms with van der Waals surface area (Å²) in [5.41, 5.74) is 0. The highest BCUT2D eigenvalue weighted by atomic mass is 31.2. The summed E-state index contributed by atoms with van der Waals surface area (Å²) in [5.74, 6) is -2.90. The summed E-state index contributed by atoms with van der Waals surface area (Å²) in [5, 5.41) is 20.5. The van der Waals surface area contributed by atoms with Gasteiger partial charge in [-0.1, -0.05) is 74.1 Å². The average molecular weight is 612 g/mol. The highest BCUT2D eigenvalue weighted by Crippen LogP contribution is 2.49. The molecular weight excluding hydrogens is 561 g/mol. The maximum atomic E-state index is 14.1. The lowest BCUT2D eigenvalue weighted by Gasteiger charge is -2.33. The van der Waals surface area contributed by atoms with E-state index in [9.17, 15) is 24.1 Å². The molecule has 3 unspecified atom stereocenters. The van der Waals surface area contributed by atoms with Crippen LogP contribution in [0.25, 0.3) is 0 Å². The minimum atomic E-state index is -4.70. The Balaban J connectivity index is 6.11. The number of rotatable bonds is 20. The molecule has 0 aromatic carbocycles. The predicted octanol–water partition coefficient (Wildman–Crippen LogP) is 6.10. The number of carbonyl (C=O) groups excluding carboxylic acids is 2. The van der Waals surface area contributed by atoms with E-state index in [1.165, 1.54) is 7.05 Å². The lowest BCUT2D eigenvalue weighted by Crippen LogP contribution is -2.47. The first-order valence-corrected chi connectivity index (χ1v) is 15.7. The average Bonchev–Trinajstić information content (AvgIpc) is 2.87. The summed E-state index contributed by atoms with van der Waals surface area (Å²) in [4.78, 5) is 37.4. The second kappa shape index (κ2) is 20.3. The summed E-state index contributed by atoms with van der Waals surface area (Å²) < 4.78 is 45.9.